The van der Waals surface area contributed by atoms with Crippen LogP contribution in [0.25, 0.3) is 16.6 Å². The molecule has 7 nitrogen and oxygen atoms in total. The van der Waals surface area contributed by atoms with E-state index in [-0.39, 0.29) is 17.3 Å². The molecule has 0 N–H and O–H groups in total. The molecule has 184 valence electrons. The van der Waals surface area contributed by atoms with Crippen molar-refractivity contribution in [3.8, 4) is 17.3 Å². The number of fused-ring (bicyclic) bond motifs is 1. The van der Waals surface area contributed by atoms with Crippen LogP contribution in [0.2, 0.25) is 0 Å². The lowest BCUT2D eigenvalue weighted by molar-refractivity contribution is -0.137. The van der Waals surface area contributed by atoms with E-state index in [1.165, 1.54) is 47.4 Å². The Bertz CT molecular complexity index is 1450. The van der Waals surface area contributed by atoms with E-state index in [9.17, 15) is 21.6 Å². The molecule has 4 aromatic rings. The molecule has 0 aliphatic heterocycles. The van der Waals surface area contributed by atoms with Crippen LogP contribution in [0, 0.1) is 0 Å². The third-order valence-electron chi connectivity index (χ3n) is 5.52. The summed E-state index contributed by atoms with van der Waals surface area (Å²) in [4.78, 5) is 0.0336. The highest BCUT2D eigenvalue weighted by atomic mass is 32.2. The van der Waals surface area contributed by atoms with Crippen LogP contribution in [-0.4, -0.2) is 43.8 Å². The highest BCUT2D eigenvalue weighted by molar-refractivity contribution is 7.89. The quantitative estimate of drug-likeness (QED) is 0.358. The lowest BCUT2D eigenvalue weighted by Crippen LogP contribution is -2.26. The molecule has 0 unspecified atom stereocenters. The van der Waals surface area contributed by atoms with Crippen molar-refractivity contribution in [2.24, 2.45) is 0 Å². The molecular formula is C24H22F3N3O4S. The van der Waals surface area contributed by atoms with Crippen LogP contribution in [-0.2, 0) is 22.7 Å². The molecule has 0 saturated carbocycles. The number of rotatable bonds is 7. The summed E-state index contributed by atoms with van der Waals surface area (Å²) in [6, 6.07) is 16.0. The number of alkyl halides is 3. The summed E-state index contributed by atoms with van der Waals surface area (Å²) in [6.45, 7) is 0.145. The Labute approximate surface area is 200 Å². The van der Waals surface area contributed by atoms with Gasteiger partial charge in [0, 0.05) is 13.6 Å². The van der Waals surface area contributed by atoms with Gasteiger partial charge in [-0.3, -0.25) is 0 Å². The standard InChI is InChI=1S/C24H22F3N3O4S/c1-29(15-16-4-10-19(33-2)11-5-16)35(31,32)20-12-13-22-21(14-20)23(34-3)28-30(22)18-8-6-17(7-9-18)24(25,26)27/h4-14H,15H2,1-3H3. The minimum atomic E-state index is -4.45. The molecule has 0 aliphatic rings. The van der Waals surface area contributed by atoms with E-state index in [4.69, 9.17) is 9.47 Å². The molecule has 0 radical (unpaired) electrons. The number of aromatic nitrogens is 2. The summed E-state index contributed by atoms with van der Waals surface area (Å²) in [5.41, 5.74) is 0.862. The lowest BCUT2D eigenvalue weighted by Gasteiger charge is -2.17. The van der Waals surface area contributed by atoms with Crippen molar-refractivity contribution < 1.29 is 31.1 Å². The molecular weight excluding hydrogens is 483 g/mol. The Hall–Kier alpha value is -3.57. The fourth-order valence-corrected chi connectivity index (χ4v) is 4.81. The second-order valence-electron chi connectivity index (χ2n) is 7.75. The summed E-state index contributed by atoms with van der Waals surface area (Å²) >= 11 is 0. The summed E-state index contributed by atoms with van der Waals surface area (Å²) in [7, 11) is 0.553. The summed E-state index contributed by atoms with van der Waals surface area (Å²) in [6.07, 6.45) is -4.45. The Morgan fingerprint density at radius 2 is 1.60 bits per heavy atom. The normalized spacial score (nSPS) is 12.3. The van der Waals surface area contributed by atoms with Crippen LogP contribution in [0.1, 0.15) is 11.1 Å². The first-order chi connectivity index (χ1) is 16.5. The highest BCUT2D eigenvalue weighted by Gasteiger charge is 2.30. The number of hydrogen-bond acceptors (Lipinski definition) is 5. The van der Waals surface area contributed by atoms with Gasteiger partial charge in [-0.15, -0.1) is 5.10 Å². The number of methoxy groups -OCH3 is 2. The monoisotopic (exact) mass is 505 g/mol. The number of halogens is 3. The molecule has 0 bridgehead atoms. The molecule has 3 aromatic carbocycles. The van der Waals surface area contributed by atoms with Gasteiger partial charge in [0.15, 0.2) is 0 Å². The van der Waals surface area contributed by atoms with E-state index in [2.05, 4.69) is 5.10 Å². The molecule has 0 aliphatic carbocycles. The molecule has 0 fully saturated rings. The van der Waals surface area contributed by atoms with Crippen molar-refractivity contribution in [2.45, 2.75) is 17.6 Å². The SMILES string of the molecule is COc1ccc(CN(C)S(=O)(=O)c2ccc3c(c2)c(OC)nn3-c2ccc(C(F)(F)F)cc2)cc1. The van der Waals surface area contributed by atoms with E-state index in [0.29, 0.717) is 22.3 Å². The number of nitrogens with zero attached hydrogens (tertiary/aromatic N) is 3. The van der Waals surface area contributed by atoms with Crippen LogP contribution in [0.4, 0.5) is 13.2 Å². The predicted molar refractivity (Wildman–Crippen MR) is 124 cm³/mol. The number of sulfonamides is 1. The van der Waals surface area contributed by atoms with Crippen molar-refractivity contribution in [2.75, 3.05) is 21.3 Å². The maximum atomic E-state index is 13.2. The zero-order valence-electron chi connectivity index (χ0n) is 19.1. The van der Waals surface area contributed by atoms with Crippen molar-refractivity contribution in [3.63, 3.8) is 0 Å². The van der Waals surface area contributed by atoms with Gasteiger partial charge in [0.1, 0.15) is 5.75 Å². The van der Waals surface area contributed by atoms with Gasteiger partial charge < -0.3 is 9.47 Å². The van der Waals surface area contributed by atoms with Crippen LogP contribution < -0.4 is 9.47 Å². The van der Waals surface area contributed by atoms with Crippen molar-refractivity contribution >= 4 is 20.9 Å². The van der Waals surface area contributed by atoms with Crippen molar-refractivity contribution in [1.82, 2.24) is 14.1 Å². The van der Waals surface area contributed by atoms with E-state index < -0.39 is 21.8 Å². The maximum absolute atomic E-state index is 13.2. The zero-order valence-corrected chi connectivity index (χ0v) is 19.9. The van der Waals surface area contributed by atoms with E-state index in [1.54, 1.807) is 37.4 Å². The molecule has 35 heavy (non-hydrogen) atoms. The van der Waals surface area contributed by atoms with Crippen molar-refractivity contribution in [1.29, 1.82) is 0 Å². The van der Waals surface area contributed by atoms with Gasteiger partial charge in [-0.1, -0.05) is 12.1 Å². The van der Waals surface area contributed by atoms with Gasteiger partial charge in [-0.2, -0.15) is 17.5 Å². The molecule has 0 amide bonds. The van der Waals surface area contributed by atoms with Gasteiger partial charge in [-0.25, -0.2) is 13.1 Å². The molecule has 0 saturated heterocycles. The summed E-state index contributed by atoms with van der Waals surface area (Å²) in [5.74, 6) is 0.816. The fourth-order valence-electron chi connectivity index (χ4n) is 3.62. The van der Waals surface area contributed by atoms with Crippen LogP contribution in [0.5, 0.6) is 11.6 Å². The molecule has 0 atom stereocenters. The van der Waals surface area contributed by atoms with Gasteiger partial charge in [-0.05, 0) is 60.2 Å². The lowest BCUT2D eigenvalue weighted by atomic mass is 10.2. The van der Waals surface area contributed by atoms with Gasteiger partial charge in [0.05, 0.1) is 41.3 Å². The van der Waals surface area contributed by atoms with E-state index in [0.717, 1.165) is 17.7 Å². The third kappa shape index (κ3) is 4.82. The second-order valence-corrected chi connectivity index (χ2v) is 9.80. The Kier molecular flexibility index (Phi) is 6.48. The van der Waals surface area contributed by atoms with E-state index >= 15 is 0 Å². The number of hydrogen-bond donors (Lipinski definition) is 0. The minimum Gasteiger partial charge on any atom is -0.497 e. The predicted octanol–water partition coefficient (Wildman–Crippen LogP) is 4.88. The Morgan fingerprint density at radius 1 is 0.943 bits per heavy atom. The van der Waals surface area contributed by atoms with Gasteiger partial charge in [0.2, 0.25) is 15.9 Å². The number of benzene rings is 3. The fraction of sp³-hybridized carbons (Fsp3) is 0.208. The van der Waals surface area contributed by atoms with Crippen LogP contribution in [0.3, 0.4) is 0 Å². The van der Waals surface area contributed by atoms with Crippen molar-refractivity contribution in [3.05, 3.63) is 77.9 Å². The Morgan fingerprint density at radius 3 is 2.17 bits per heavy atom. The van der Waals surface area contributed by atoms with Gasteiger partial charge in [0.25, 0.3) is 0 Å². The first-order valence-corrected chi connectivity index (χ1v) is 11.8. The molecule has 1 heterocycles. The first kappa shape index (κ1) is 24.6. The van der Waals surface area contributed by atoms with Gasteiger partial charge >= 0.3 is 6.18 Å². The summed E-state index contributed by atoms with van der Waals surface area (Å²) < 4.78 is 78.3. The largest absolute Gasteiger partial charge is 0.497 e. The first-order valence-electron chi connectivity index (χ1n) is 10.4. The average Bonchev–Trinajstić information content (AvgIpc) is 3.22. The van der Waals surface area contributed by atoms with E-state index in [1.807, 2.05) is 0 Å². The maximum Gasteiger partial charge on any atom is 0.416 e. The second kappa shape index (κ2) is 9.23. The smallest absolute Gasteiger partial charge is 0.416 e. The third-order valence-corrected chi connectivity index (χ3v) is 7.32. The minimum absolute atomic E-state index is 0.0336. The molecule has 0 spiro atoms. The molecule has 4 rings (SSSR count). The zero-order chi connectivity index (χ0) is 25.4. The average molecular weight is 506 g/mol. The topological polar surface area (TPSA) is 73.7 Å². The van der Waals surface area contributed by atoms with Crippen LogP contribution in [0.15, 0.2) is 71.6 Å². The summed E-state index contributed by atoms with van der Waals surface area (Å²) in [5, 5.41) is 4.72. The Balaban J connectivity index is 1.68. The number of ether oxygens (including phenoxy) is 2. The van der Waals surface area contributed by atoms with Crippen LogP contribution >= 0.6 is 0 Å². The highest BCUT2D eigenvalue weighted by Crippen LogP contribution is 2.33. The molecule has 1 aromatic heterocycles. The molecule has 11 heteroatoms.